The number of ether oxygens (including phenoxy) is 1. The zero-order chi connectivity index (χ0) is 18.9. The number of rotatable bonds is 5. The fourth-order valence-electron chi connectivity index (χ4n) is 3.16. The maximum Gasteiger partial charge on any atom is 0.308 e. The fourth-order valence-corrected chi connectivity index (χ4v) is 3.16. The Bertz CT molecular complexity index is 658. The predicted octanol–water partition coefficient (Wildman–Crippen LogP) is 1.67. The number of methoxy groups -OCH3 is 1. The van der Waals surface area contributed by atoms with Crippen molar-refractivity contribution < 1.29 is 14.3 Å². The summed E-state index contributed by atoms with van der Waals surface area (Å²) in [5.41, 5.74) is 1.76. The number of halogens is 1. The second kappa shape index (κ2) is 11.8. The van der Waals surface area contributed by atoms with Crippen LogP contribution < -0.4 is 10.6 Å². The van der Waals surface area contributed by atoms with E-state index in [1.54, 1.807) is 20.2 Å². The van der Waals surface area contributed by atoms with E-state index in [0.717, 1.165) is 50.4 Å². The molecule has 0 unspecified atom stereocenters. The molecule has 0 aliphatic carbocycles. The van der Waals surface area contributed by atoms with Crippen LogP contribution >= 0.6 is 24.0 Å². The third-order valence-electron chi connectivity index (χ3n) is 4.65. The van der Waals surface area contributed by atoms with E-state index >= 15 is 0 Å². The summed E-state index contributed by atoms with van der Waals surface area (Å²) >= 11 is 0. The minimum atomic E-state index is -0.122. The Balaban J connectivity index is 0.00000364. The summed E-state index contributed by atoms with van der Waals surface area (Å²) in [6.45, 7) is 2.29. The van der Waals surface area contributed by atoms with E-state index in [4.69, 9.17) is 4.74 Å². The van der Waals surface area contributed by atoms with Crippen LogP contribution in [0.15, 0.2) is 29.3 Å². The summed E-state index contributed by atoms with van der Waals surface area (Å²) in [6.07, 6.45) is 2.35. The Labute approximate surface area is 178 Å². The Kier molecular flexibility index (Phi) is 10.1. The average molecular weight is 488 g/mol. The summed E-state index contributed by atoms with van der Waals surface area (Å²) in [4.78, 5) is 29.8. The zero-order valence-corrected chi connectivity index (χ0v) is 18.5. The molecule has 1 aliphatic rings. The van der Waals surface area contributed by atoms with Crippen molar-refractivity contribution in [2.24, 2.45) is 10.9 Å². The van der Waals surface area contributed by atoms with Crippen LogP contribution in [0.5, 0.6) is 0 Å². The van der Waals surface area contributed by atoms with Crippen molar-refractivity contribution in [3.63, 3.8) is 0 Å². The molecule has 1 aliphatic heterocycles. The third-order valence-corrected chi connectivity index (χ3v) is 4.65. The molecule has 1 fully saturated rings. The summed E-state index contributed by atoms with van der Waals surface area (Å²) in [7, 11) is 4.83. The standard InChI is InChI=1S/C19H28N4O3.HI/c1-20-17(24)16-6-4-5-14(13-16)7-10-22-19(21-2)23-11-8-15(9-12-23)18(25)26-3;/h4-6,13,15H,7-12H2,1-3H3,(H,20,24)(H,21,22);1H. The summed E-state index contributed by atoms with van der Waals surface area (Å²) in [5.74, 6) is 0.630. The second-order valence-electron chi connectivity index (χ2n) is 6.29. The van der Waals surface area contributed by atoms with Gasteiger partial charge in [0, 0.05) is 39.3 Å². The number of hydrogen-bond acceptors (Lipinski definition) is 4. The number of benzene rings is 1. The lowest BCUT2D eigenvalue weighted by Gasteiger charge is -2.33. The molecule has 1 aromatic rings. The number of carbonyl (C=O) groups is 2. The highest BCUT2D eigenvalue weighted by Gasteiger charge is 2.26. The van der Waals surface area contributed by atoms with Crippen molar-refractivity contribution in [3.8, 4) is 0 Å². The molecule has 0 bridgehead atoms. The highest BCUT2D eigenvalue weighted by Crippen LogP contribution is 2.18. The Hall–Kier alpha value is -1.84. The number of nitrogens with one attached hydrogen (secondary N) is 2. The number of guanidine groups is 1. The van der Waals surface area contributed by atoms with Crippen molar-refractivity contribution in [1.82, 2.24) is 15.5 Å². The van der Waals surface area contributed by atoms with Gasteiger partial charge in [0.05, 0.1) is 13.0 Å². The minimum Gasteiger partial charge on any atom is -0.469 e. The summed E-state index contributed by atoms with van der Waals surface area (Å²) < 4.78 is 4.83. The normalized spacial score (nSPS) is 14.9. The molecule has 1 heterocycles. The Morgan fingerprint density at radius 3 is 2.59 bits per heavy atom. The first kappa shape index (κ1) is 23.2. The quantitative estimate of drug-likeness (QED) is 0.285. The molecule has 1 amide bonds. The van der Waals surface area contributed by atoms with Crippen LogP contribution in [0, 0.1) is 5.92 Å². The lowest BCUT2D eigenvalue weighted by Crippen LogP contribution is -2.47. The minimum absolute atomic E-state index is 0. The highest BCUT2D eigenvalue weighted by molar-refractivity contribution is 14.0. The van der Waals surface area contributed by atoms with Gasteiger partial charge in [-0.15, -0.1) is 24.0 Å². The van der Waals surface area contributed by atoms with Gasteiger partial charge in [0.2, 0.25) is 0 Å². The molecular weight excluding hydrogens is 459 g/mol. The fraction of sp³-hybridized carbons (Fsp3) is 0.526. The van der Waals surface area contributed by atoms with Crippen molar-refractivity contribution >= 4 is 41.8 Å². The number of amides is 1. The van der Waals surface area contributed by atoms with Crippen LogP contribution in [-0.2, 0) is 16.0 Å². The van der Waals surface area contributed by atoms with Crippen molar-refractivity contribution in [2.75, 3.05) is 40.8 Å². The highest BCUT2D eigenvalue weighted by atomic mass is 127. The van der Waals surface area contributed by atoms with Crippen LogP contribution in [0.1, 0.15) is 28.8 Å². The molecular formula is C19H29IN4O3. The number of esters is 1. The molecule has 0 aromatic heterocycles. The van der Waals surface area contributed by atoms with Crippen LogP contribution in [0.2, 0.25) is 0 Å². The van der Waals surface area contributed by atoms with Gasteiger partial charge in [0.15, 0.2) is 5.96 Å². The van der Waals surface area contributed by atoms with Gasteiger partial charge in [-0.2, -0.15) is 0 Å². The molecule has 2 N–H and O–H groups in total. The second-order valence-corrected chi connectivity index (χ2v) is 6.29. The maximum absolute atomic E-state index is 11.7. The van der Waals surface area contributed by atoms with E-state index in [1.165, 1.54) is 7.11 Å². The molecule has 0 spiro atoms. The van der Waals surface area contributed by atoms with Gasteiger partial charge in [-0.3, -0.25) is 14.6 Å². The smallest absolute Gasteiger partial charge is 0.308 e. The largest absolute Gasteiger partial charge is 0.469 e. The van der Waals surface area contributed by atoms with E-state index < -0.39 is 0 Å². The summed E-state index contributed by atoms with van der Waals surface area (Å²) in [6, 6.07) is 7.62. The van der Waals surface area contributed by atoms with Crippen molar-refractivity contribution in [2.45, 2.75) is 19.3 Å². The third kappa shape index (κ3) is 6.67. The van der Waals surface area contributed by atoms with Gasteiger partial charge in [-0.05, 0) is 37.0 Å². The lowest BCUT2D eigenvalue weighted by atomic mass is 9.97. The summed E-state index contributed by atoms with van der Waals surface area (Å²) in [5, 5.41) is 6.00. The van der Waals surface area contributed by atoms with Crippen LogP contribution in [0.4, 0.5) is 0 Å². The number of likely N-dealkylation sites (tertiary alicyclic amines) is 1. The first-order chi connectivity index (χ1) is 12.6. The van der Waals surface area contributed by atoms with Gasteiger partial charge >= 0.3 is 5.97 Å². The molecule has 1 aromatic carbocycles. The van der Waals surface area contributed by atoms with Gasteiger partial charge < -0.3 is 20.3 Å². The predicted molar refractivity (Wildman–Crippen MR) is 117 cm³/mol. The first-order valence-corrected chi connectivity index (χ1v) is 8.93. The number of piperidine rings is 1. The van der Waals surface area contributed by atoms with E-state index in [2.05, 4.69) is 20.5 Å². The Morgan fingerprint density at radius 1 is 1.30 bits per heavy atom. The molecule has 2 rings (SSSR count). The number of nitrogens with zero attached hydrogens (tertiary/aromatic N) is 2. The van der Waals surface area contributed by atoms with Crippen LogP contribution in [-0.4, -0.2) is 63.6 Å². The van der Waals surface area contributed by atoms with Crippen LogP contribution in [0.25, 0.3) is 0 Å². The molecule has 150 valence electrons. The topological polar surface area (TPSA) is 83.0 Å². The number of carbonyl (C=O) groups excluding carboxylic acids is 2. The lowest BCUT2D eigenvalue weighted by molar-refractivity contribution is -0.146. The zero-order valence-electron chi connectivity index (χ0n) is 16.2. The van der Waals surface area contributed by atoms with E-state index in [-0.39, 0.29) is 41.8 Å². The van der Waals surface area contributed by atoms with E-state index in [0.29, 0.717) is 5.56 Å². The Morgan fingerprint density at radius 2 is 2.00 bits per heavy atom. The molecule has 0 atom stereocenters. The van der Waals surface area contributed by atoms with Gasteiger partial charge in [-0.25, -0.2) is 0 Å². The SMILES string of the molecule is CN=C(NCCc1cccc(C(=O)NC)c1)N1CCC(C(=O)OC)CC1.I. The average Bonchev–Trinajstić information content (AvgIpc) is 2.70. The molecule has 8 heteroatoms. The van der Waals surface area contributed by atoms with E-state index in [1.807, 2.05) is 18.2 Å². The molecule has 1 saturated heterocycles. The van der Waals surface area contributed by atoms with Crippen molar-refractivity contribution in [1.29, 1.82) is 0 Å². The first-order valence-electron chi connectivity index (χ1n) is 8.93. The van der Waals surface area contributed by atoms with Gasteiger partial charge in [0.1, 0.15) is 0 Å². The van der Waals surface area contributed by atoms with Gasteiger partial charge in [-0.1, -0.05) is 12.1 Å². The van der Waals surface area contributed by atoms with Gasteiger partial charge in [0.25, 0.3) is 5.91 Å². The van der Waals surface area contributed by atoms with E-state index in [9.17, 15) is 9.59 Å². The molecule has 0 saturated carbocycles. The molecule has 7 nitrogen and oxygen atoms in total. The van der Waals surface area contributed by atoms with Crippen molar-refractivity contribution in [3.05, 3.63) is 35.4 Å². The molecule has 27 heavy (non-hydrogen) atoms. The maximum atomic E-state index is 11.7. The monoisotopic (exact) mass is 488 g/mol. The number of aliphatic imine (C=N–C) groups is 1. The molecule has 0 radical (unpaired) electrons. The number of hydrogen-bond donors (Lipinski definition) is 2. The van der Waals surface area contributed by atoms with Crippen LogP contribution in [0.3, 0.4) is 0 Å².